The number of thiazole rings is 1. The predicted molar refractivity (Wildman–Crippen MR) is 134 cm³/mol. The Hall–Kier alpha value is -3.10. The number of aliphatic hydroxyl groups is 1. The fourth-order valence-corrected chi connectivity index (χ4v) is 5.03. The van der Waals surface area contributed by atoms with Crippen LogP contribution in [0.1, 0.15) is 25.0 Å². The first-order valence-electron chi connectivity index (χ1n) is 10.7. The summed E-state index contributed by atoms with van der Waals surface area (Å²) in [6.07, 6.45) is 6.36. The van der Waals surface area contributed by atoms with Crippen LogP contribution in [0.15, 0.2) is 53.7 Å². The summed E-state index contributed by atoms with van der Waals surface area (Å²) in [5.74, 6) is 1.65. The van der Waals surface area contributed by atoms with Crippen molar-refractivity contribution in [3.8, 4) is 10.6 Å². The normalized spacial score (nSPS) is 18.3. The van der Waals surface area contributed by atoms with Crippen LogP contribution < -0.4 is 10.6 Å². The lowest BCUT2D eigenvalue weighted by Crippen LogP contribution is -2.19. The third-order valence-electron chi connectivity index (χ3n) is 5.63. The summed E-state index contributed by atoms with van der Waals surface area (Å²) in [6, 6.07) is 8.39. The Labute approximate surface area is 192 Å². The van der Waals surface area contributed by atoms with Gasteiger partial charge in [-0.1, -0.05) is 18.7 Å². The van der Waals surface area contributed by atoms with Crippen molar-refractivity contribution < 1.29 is 5.11 Å². The van der Waals surface area contributed by atoms with E-state index in [-0.39, 0.29) is 12.6 Å². The van der Waals surface area contributed by atoms with Gasteiger partial charge in [0.1, 0.15) is 10.8 Å². The molecule has 0 spiro atoms. The maximum atomic E-state index is 9.54. The molecule has 166 valence electrons. The zero-order chi connectivity index (χ0) is 22.5. The third kappa shape index (κ3) is 5.03. The van der Waals surface area contributed by atoms with Crippen molar-refractivity contribution in [2.24, 2.45) is 10.9 Å². The smallest absolute Gasteiger partial charge is 0.225 e. The van der Waals surface area contributed by atoms with Gasteiger partial charge in [-0.25, -0.2) is 9.97 Å². The minimum Gasteiger partial charge on any atom is -0.396 e. The Bertz CT molecular complexity index is 1120. The number of rotatable bonds is 9. The molecule has 0 saturated heterocycles. The van der Waals surface area contributed by atoms with Gasteiger partial charge in [-0.2, -0.15) is 4.98 Å². The number of hydrogen-bond donors (Lipinski definition) is 3. The first-order valence-corrected chi connectivity index (χ1v) is 11.5. The summed E-state index contributed by atoms with van der Waals surface area (Å²) in [5.41, 5.74) is 3.61. The molecule has 1 aliphatic rings. The summed E-state index contributed by atoms with van der Waals surface area (Å²) in [4.78, 5) is 18.1. The molecule has 0 aliphatic heterocycles. The summed E-state index contributed by atoms with van der Waals surface area (Å²) in [5, 5.41) is 17.3. The molecule has 0 bridgehead atoms. The number of nitrogens with zero attached hydrogens (tertiary/aromatic N) is 4. The Morgan fingerprint density at radius 2 is 2.12 bits per heavy atom. The molecule has 3 N–H and O–H groups in total. The van der Waals surface area contributed by atoms with Crippen molar-refractivity contribution in [3.63, 3.8) is 0 Å². The molecule has 4 rings (SSSR count). The second-order valence-corrected chi connectivity index (χ2v) is 9.09. The predicted octanol–water partition coefficient (Wildman–Crippen LogP) is 4.82. The topological polar surface area (TPSA) is 95.3 Å². The van der Waals surface area contributed by atoms with Crippen LogP contribution >= 0.6 is 11.3 Å². The highest BCUT2D eigenvalue weighted by Gasteiger charge is 2.26. The van der Waals surface area contributed by atoms with Crippen LogP contribution in [-0.2, 0) is 0 Å². The van der Waals surface area contributed by atoms with Crippen molar-refractivity contribution in [3.05, 3.63) is 54.4 Å². The molecule has 3 aromatic rings. The van der Waals surface area contributed by atoms with E-state index in [2.05, 4.69) is 35.0 Å². The number of aromatic nitrogens is 3. The maximum Gasteiger partial charge on any atom is 0.225 e. The number of aliphatic hydroxyl groups excluding tert-OH is 1. The molecule has 1 aliphatic carbocycles. The van der Waals surface area contributed by atoms with Gasteiger partial charge in [0.2, 0.25) is 5.95 Å². The van der Waals surface area contributed by atoms with E-state index in [0.29, 0.717) is 18.4 Å². The number of aliphatic imine (C=N–C) groups is 1. The molecule has 32 heavy (non-hydrogen) atoms. The van der Waals surface area contributed by atoms with E-state index in [1.807, 2.05) is 25.1 Å². The average Bonchev–Trinajstić information content (AvgIpc) is 3.42. The number of aryl methyl sites for hydroxylation is 1. The largest absolute Gasteiger partial charge is 0.396 e. The summed E-state index contributed by atoms with van der Waals surface area (Å²) in [6.45, 7) is 10.2. The number of para-hydroxylation sites is 1. The molecule has 2 atom stereocenters. The molecule has 7 nitrogen and oxygen atoms in total. The van der Waals surface area contributed by atoms with E-state index >= 15 is 0 Å². The van der Waals surface area contributed by atoms with E-state index in [4.69, 9.17) is 15.0 Å². The van der Waals surface area contributed by atoms with Gasteiger partial charge in [0.05, 0.1) is 21.5 Å². The fraction of sp³-hybridized carbons (Fsp3) is 0.333. The highest BCUT2D eigenvalue weighted by Crippen LogP contribution is 2.37. The van der Waals surface area contributed by atoms with Gasteiger partial charge in [0.25, 0.3) is 0 Å². The lowest BCUT2D eigenvalue weighted by atomic mass is 10.1. The van der Waals surface area contributed by atoms with Gasteiger partial charge in [-0.05, 0) is 62.6 Å². The van der Waals surface area contributed by atoms with Crippen LogP contribution in [0.25, 0.3) is 20.8 Å². The van der Waals surface area contributed by atoms with Crippen molar-refractivity contribution in [2.45, 2.75) is 32.2 Å². The number of benzene rings is 1. The van der Waals surface area contributed by atoms with Crippen molar-refractivity contribution in [1.29, 1.82) is 0 Å². The molecule has 0 unspecified atom stereocenters. The first-order chi connectivity index (χ1) is 15.6. The molecule has 0 amide bonds. The van der Waals surface area contributed by atoms with Gasteiger partial charge in [0.15, 0.2) is 0 Å². The van der Waals surface area contributed by atoms with Crippen LogP contribution in [0.5, 0.6) is 0 Å². The van der Waals surface area contributed by atoms with Gasteiger partial charge >= 0.3 is 0 Å². The van der Waals surface area contributed by atoms with E-state index in [1.165, 1.54) is 0 Å². The molecule has 8 heteroatoms. The minimum atomic E-state index is 0.230. The molecular weight excluding hydrogens is 420 g/mol. The maximum absolute atomic E-state index is 9.54. The zero-order valence-electron chi connectivity index (χ0n) is 18.2. The van der Waals surface area contributed by atoms with Crippen LogP contribution in [0.4, 0.5) is 11.8 Å². The monoisotopic (exact) mass is 448 g/mol. The van der Waals surface area contributed by atoms with Gasteiger partial charge in [-0.3, -0.25) is 4.99 Å². The van der Waals surface area contributed by atoms with E-state index in [1.54, 1.807) is 23.6 Å². The Kier molecular flexibility index (Phi) is 6.92. The van der Waals surface area contributed by atoms with Crippen molar-refractivity contribution in [1.82, 2.24) is 15.0 Å². The quantitative estimate of drug-likeness (QED) is 0.321. The molecule has 0 radical (unpaired) electrons. The summed E-state index contributed by atoms with van der Waals surface area (Å²) in [7, 11) is 0. The SMILES string of the molecule is C=N/C=C\C(=C)CNc1nc(C)c(-c2nc3ccccc3s2)c(N[C@H]2CC[C@@H](CO)C2)n1. The molecule has 2 aromatic heterocycles. The zero-order valence-corrected chi connectivity index (χ0v) is 19.0. The van der Waals surface area contributed by atoms with Crippen molar-refractivity contribution in [2.75, 3.05) is 23.8 Å². The molecule has 1 saturated carbocycles. The standard InChI is InChI=1S/C24H28N6OS/c1-15(10-11-25-3)13-26-24-27-16(2)21(23-29-19-6-4-5-7-20(19)32-23)22(30-24)28-18-9-8-17(12-18)14-31/h4-7,10-11,17-18,31H,1,3,8-9,12-14H2,2H3,(H2,26,27,28,30)/b11-10-/t17-,18+/m1/s1. The van der Waals surface area contributed by atoms with Gasteiger partial charge in [-0.15, -0.1) is 11.3 Å². The number of fused-ring (bicyclic) bond motifs is 1. The van der Waals surface area contributed by atoms with Crippen molar-refractivity contribution >= 4 is 40.0 Å². The summed E-state index contributed by atoms with van der Waals surface area (Å²) < 4.78 is 1.13. The molecule has 1 fully saturated rings. The number of anilines is 2. The van der Waals surface area contributed by atoms with E-state index in [0.717, 1.165) is 57.1 Å². The number of hydrogen-bond acceptors (Lipinski definition) is 8. The fourth-order valence-electron chi connectivity index (χ4n) is 3.97. The Morgan fingerprint density at radius 1 is 1.28 bits per heavy atom. The first kappa shape index (κ1) is 22.1. The minimum absolute atomic E-state index is 0.230. The lowest BCUT2D eigenvalue weighted by Gasteiger charge is -2.18. The van der Waals surface area contributed by atoms with Gasteiger partial charge in [0, 0.05) is 25.4 Å². The highest BCUT2D eigenvalue weighted by molar-refractivity contribution is 7.21. The Balaban J connectivity index is 1.66. The van der Waals surface area contributed by atoms with Crippen LogP contribution in [0.2, 0.25) is 0 Å². The van der Waals surface area contributed by atoms with E-state index < -0.39 is 0 Å². The third-order valence-corrected chi connectivity index (χ3v) is 6.68. The molecular formula is C24H28N6OS. The molecule has 2 heterocycles. The second-order valence-electron chi connectivity index (χ2n) is 8.06. The Morgan fingerprint density at radius 3 is 2.88 bits per heavy atom. The average molecular weight is 449 g/mol. The summed E-state index contributed by atoms with van der Waals surface area (Å²) >= 11 is 1.64. The van der Waals surface area contributed by atoms with E-state index in [9.17, 15) is 5.11 Å². The number of nitrogens with one attached hydrogen (secondary N) is 2. The van der Waals surface area contributed by atoms with Crippen LogP contribution in [-0.4, -0.2) is 46.0 Å². The van der Waals surface area contributed by atoms with Crippen LogP contribution in [0.3, 0.4) is 0 Å². The van der Waals surface area contributed by atoms with Crippen LogP contribution in [0, 0.1) is 12.8 Å². The second kappa shape index (κ2) is 10.0. The highest BCUT2D eigenvalue weighted by atomic mass is 32.1. The van der Waals surface area contributed by atoms with Gasteiger partial charge < -0.3 is 15.7 Å². The molecule has 1 aromatic carbocycles. The lowest BCUT2D eigenvalue weighted by molar-refractivity contribution is 0.229.